The second kappa shape index (κ2) is 11.7. The maximum Gasteiger partial charge on any atom is 0.330 e. The molecule has 0 aromatic heterocycles. The first-order valence-electron chi connectivity index (χ1n) is 8.15. The van der Waals surface area contributed by atoms with Crippen LogP contribution >= 0.6 is 0 Å². The van der Waals surface area contributed by atoms with Gasteiger partial charge in [-0.1, -0.05) is 23.3 Å². The lowest BCUT2D eigenvalue weighted by Crippen LogP contribution is -2.22. The van der Waals surface area contributed by atoms with Crippen molar-refractivity contribution in [3.8, 4) is 0 Å². The standard InChI is InChI=1S/C19H31NO3/c1-7-23-18(21)14-16(3)12-8-10-15(2)11-9-13-17(4)19(22)20(5)6/h10,13-14H,7-9,11-12H2,1-6H3. The van der Waals surface area contributed by atoms with Gasteiger partial charge in [-0.2, -0.15) is 0 Å². The summed E-state index contributed by atoms with van der Waals surface area (Å²) in [6.07, 6.45) is 9.32. The highest BCUT2D eigenvalue weighted by Crippen LogP contribution is 2.12. The van der Waals surface area contributed by atoms with Gasteiger partial charge in [-0.15, -0.1) is 0 Å². The molecule has 0 N–H and O–H groups in total. The number of hydrogen-bond donors (Lipinski definition) is 0. The lowest BCUT2D eigenvalue weighted by molar-refractivity contribution is -0.137. The Morgan fingerprint density at radius 3 is 2.09 bits per heavy atom. The van der Waals surface area contributed by atoms with Crippen molar-refractivity contribution in [2.24, 2.45) is 0 Å². The second-order valence-electron chi connectivity index (χ2n) is 5.96. The molecule has 4 nitrogen and oxygen atoms in total. The van der Waals surface area contributed by atoms with E-state index in [1.165, 1.54) is 5.57 Å². The first-order chi connectivity index (χ1) is 10.8. The van der Waals surface area contributed by atoms with Gasteiger partial charge in [0.1, 0.15) is 0 Å². The van der Waals surface area contributed by atoms with Gasteiger partial charge >= 0.3 is 5.97 Å². The predicted octanol–water partition coefficient (Wildman–Crippen LogP) is 4.04. The Balaban J connectivity index is 4.21. The third-order valence-electron chi connectivity index (χ3n) is 3.42. The van der Waals surface area contributed by atoms with Crippen LogP contribution in [-0.4, -0.2) is 37.5 Å². The molecule has 1 amide bonds. The summed E-state index contributed by atoms with van der Waals surface area (Å²) in [4.78, 5) is 24.6. The van der Waals surface area contributed by atoms with Crippen LogP contribution < -0.4 is 0 Å². The monoisotopic (exact) mass is 321 g/mol. The Morgan fingerprint density at radius 1 is 0.957 bits per heavy atom. The maximum atomic E-state index is 11.7. The van der Waals surface area contributed by atoms with Crippen LogP contribution in [0.3, 0.4) is 0 Å². The molecule has 0 radical (unpaired) electrons. The number of likely N-dealkylation sites (N-methyl/N-ethyl adjacent to an activating group) is 1. The Hall–Kier alpha value is -1.84. The summed E-state index contributed by atoms with van der Waals surface area (Å²) in [5.41, 5.74) is 3.12. The van der Waals surface area contributed by atoms with Crippen molar-refractivity contribution in [2.45, 2.75) is 53.4 Å². The van der Waals surface area contributed by atoms with E-state index in [4.69, 9.17) is 4.74 Å². The largest absolute Gasteiger partial charge is 0.463 e. The van der Waals surface area contributed by atoms with E-state index < -0.39 is 0 Å². The number of nitrogens with zero attached hydrogens (tertiary/aromatic N) is 1. The fourth-order valence-corrected chi connectivity index (χ4v) is 2.06. The van der Waals surface area contributed by atoms with Crippen LogP contribution in [0.2, 0.25) is 0 Å². The molecule has 0 fully saturated rings. The van der Waals surface area contributed by atoms with Crippen LogP contribution in [0, 0.1) is 0 Å². The van der Waals surface area contributed by atoms with Crippen LogP contribution in [-0.2, 0) is 14.3 Å². The van der Waals surface area contributed by atoms with E-state index in [0.29, 0.717) is 6.61 Å². The molecule has 130 valence electrons. The van der Waals surface area contributed by atoms with Crippen molar-refractivity contribution in [2.75, 3.05) is 20.7 Å². The van der Waals surface area contributed by atoms with Crippen molar-refractivity contribution in [3.63, 3.8) is 0 Å². The molecule has 0 aliphatic carbocycles. The average Bonchev–Trinajstić information content (AvgIpc) is 2.46. The minimum atomic E-state index is -0.267. The summed E-state index contributed by atoms with van der Waals surface area (Å²) < 4.78 is 4.88. The van der Waals surface area contributed by atoms with Gasteiger partial charge in [0.2, 0.25) is 5.91 Å². The smallest absolute Gasteiger partial charge is 0.330 e. The zero-order chi connectivity index (χ0) is 17.8. The zero-order valence-electron chi connectivity index (χ0n) is 15.4. The first-order valence-corrected chi connectivity index (χ1v) is 8.15. The van der Waals surface area contributed by atoms with E-state index in [0.717, 1.165) is 36.8 Å². The lowest BCUT2D eigenvalue weighted by atomic mass is 10.1. The summed E-state index contributed by atoms with van der Waals surface area (Å²) in [7, 11) is 3.52. The van der Waals surface area contributed by atoms with Gasteiger partial charge in [0.15, 0.2) is 0 Å². The molecular weight excluding hydrogens is 290 g/mol. The number of rotatable bonds is 9. The maximum absolute atomic E-state index is 11.7. The molecule has 0 heterocycles. The van der Waals surface area contributed by atoms with Crippen molar-refractivity contribution in [1.29, 1.82) is 0 Å². The molecule has 0 aromatic carbocycles. The Bertz CT molecular complexity index is 485. The minimum absolute atomic E-state index is 0.0614. The van der Waals surface area contributed by atoms with Crippen molar-refractivity contribution in [3.05, 3.63) is 34.9 Å². The van der Waals surface area contributed by atoms with Gasteiger partial charge in [-0.3, -0.25) is 4.79 Å². The highest BCUT2D eigenvalue weighted by atomic mass is 16.5. The molecule has 0 rings (SSSR count). The zero-order valence-corrected chi connectivity index (χ0v) is 15.4. The lowest BCUT2D eigenvalue weighted by Gasteiger charge is -2.10. The molecule has 0 atom stereocenters. The highest BCUT2D eigenvalue weighted by Gasteiger charge is 2.05. The number of carbonyl (C=O) groups excluding carboxylic acids is 2. The Morgan fingerprint density at radius 2 is 1.52 bits per heavy atom. The summed E-state index contributed by atoms with van der Waals surface area (Å²) in [5.74, 6) is -0.205. The van der Waals surface area contributed by atoms with Crippen molar-refractivity contribution < 1.29 is 14.3 Å². The summed E-state index contributed by atoms with van der Waals surface area (Å²) in [5, 5.41) is 0. The van der Waals surface area contributed by atoms with Gasteiger partial charge in [-0.25, -0.2) is 4.79 Å². The van der Waals surface area contributed by atoms with Gasteiger partial charge in [0, 0.05) is 25.7 Å². The first kappa shape index (κ1) is 21.2. The number of allylic oxidation sites excluding steroid dienone is 4. The summed E-state index contributed by atoms with van der Waals surface area (Å²) >= 11 is 0. The minimum Gasteiger partial charge on any atom is -0.463 e. The fraction of sp³-hybridized carbons (Fsp3) is 0.579. The molecule has 0 saturated heterocycles. The third kappa shape index (κ3) is 10.5. The van der Waals surface area contributed by atoms with Crippen molar-refractivity contribution >= 4 is 11.9 Å². The highest BCUT2D eigenvalue weighted by molar-refractivity contribution is 5.92. The summed E-state index contributed by atoms with van der Waals surface area (Å²) in [6.45, 7) is 8.10. The number of hydrogen-bond acceptors (Lipinski definition) is 3. The molecule has 0 aliphatic heterocycles. The molecule has 0 saturated carbocycles. The molecule has 0 spiro atoms. The topological polar surface area (TPSA) is 46.6 Å². The van der Waals surface area contributed by atoms with Crippen LogP contribution in [0.4, 0.5) is 0 Å². The molecule has 0 unspecified atom stereocenters. The van der Waals surface area contributed by atoms with E-state index >= 15 is 0 Å². The summed E-state index contributed by atoms with van der Waals surface area (Å²) in [6, 6.07) is 0. The van der Waals surface area contributed by atoms with Crippen LogP contribution in [0.5, 0.6) is 0 Å². The van der Waals surface area contributed by atoms with Crippen LogP contribution in [0.25, 0.3) is 0 Å². The van der Waals surface area contributed by atoms with E-state index in [2.05, 4.69) is 13.0 Å². The molecule has 4 heteroatoms. The van der Waals surface area contributed by atoms with E-state index in [1.807, 2.05) is 19.9 Å². The molecule has 0 aliphatic rings. The van der Waals surface area contributed by atoms with Crippen LogP contribution in [0.1, 0.15) is 53.4 Å². The quantitative estimate of drug-likeness (QED) is 0.366. The molecule has 0 bridgehead atoms. The van der Waals surface area contributed by atoms with E-state index in [1.54, 1.807) is 32.0 Å². The van der Waals surface area contributed by atoms with Crippen molar-refractivity contribution in [1.82, 2.24) is 4.90 Å². The van der Waals surface area contributed by atoms with Gasteiger partial charge in [-0.05, 0) is 53.4 Å². The van der Waals surface area contributed by atoms with Gasteiger partial charge in [0.25, 0.3) is 0 Å². The fourth-order valence-electron chi connectivity index (χ4n) is 2.06. The van der Waals surface area contributed by atoms with Gasteiger partial charge < -0.3 is 9.64 Å². The normalized spacial score (nSPS) is 13.0. The van der Waals surface area contributed by atoms with E-state index in [-0.39, 0.29) is 11.9 Å². The Kier molecular flexibility index (Phi) is 10.8. The van der Waals surface area contributed by atoms with Gasteiger partial charge in [0.05, 0.1) is 6.61 Å². The Labute approximate surface area is 140 Å². The number of esters is 1. The average molecular weight is 321 g/mol. The van der Waals surface area contributed by atoms with E-state index in [9.17, 15) is 9.59 Å². The molecule has 23 heavy (non-hydrogen) atoms. The number of ether oxygens (including phenoxy) is 1. The SMILES string of the molecule is CCOC(=O)C=C(C)CCC=C(C)CCC=C(C)C(=O)N(C)C. The third-order valence-corrected chi connectivity index (χ3v) is 3.42. The second-order valence-corrected chi connectivity index (χ2v) is 5.96. The molecular formula is C19H31NO3. The molecule has 0 aromatic rings. The number of carbonyl (C=O) groups is 2. The predicted molar refractivity (Wildman–Crippen MR) is 95.1 cm³/mol. The number of amides is 1. The van der Waals surface area contributed by atoms with Crippen LogP contribution in [0.15, 0.2) is 34.9 Å².